The fraction of sp³-hybridized carbons (Fsp3) is 0.364. The number of halogens is 1. The number of nitrogens with one attached hydrogen (secondary N) is 1. The van der Waals surface area contributed by atoms with Crippen LogP contribution >= 0.6 is 35.3 Å². The van der Waals surface area contributed by atoms with Gasteiger partial charge in [0.05, 0.1) is 29.4 Å². The van der Waals surface area contributed by atoms with E-state index in [-0.39, 0.29) is 24.0 Å². The Hall–Kier alpha value is -2.07. The molecule has 0 spiro atoms. The highest BCUT2D eigenvalue weighted by Crippen LogP contribution is 2.25. The van der Waals surface area contributed by atoms with Crippen LogP contribution in [0.5, 0.6) is 11.5 Å². The number of thiazole rings is 1. The van der Waals surface area contributed by atoms with E-state index >= 15 is 0 Å². The molecule has 0 saturated carbocycles. The first-order chi connectivity index (χ1) is 14.1. The first-order valence-electron chi connectivity index (χ1n) is 9.61. The van der Waals surface area contributed by atoms with E-state index < -0.39 is 0 Å². The molecular weight excluding hydrogens is 511 g/mol. The van der Waals surface area contributed by atoms with Crippen LogP contribution in [-0.2, 0) is 13.0 Å². The topological polar surface area (TPSA) is 59.0 Å². The lowest BCUT2D eigenvalue weighted by Crippen LogP contribution is -2.39. The standard InChI is InChI=1S/C22H28N4O2S.HI/c1-23-22(26(2)15-16-11-12-17(27-3)14-19(16)28-4)24-13-7-10-21-25-18-8-5-6-9-20(18)29-21;/h5-6,8-9,11-12,14H,7,10,13,15H2,1-4H3,(H,23,24);1H. The van der Waals surface area contributed by atoms with E-state index in [0.29, 0.717) is 6.54 Å². The second-order valence-corrected chi connectivity index (χ2v) is 7.80. The molecule has 0 unspecified atom stereocenters. The number of aromatic nitrogens is 1. The predicted octanol–water partition coefficient (Wildman–Crippen LogP) is 4.57. The van der Waals surface area contributed by atoms with Gasteiger partial charge in [-0.2, -0.15) is 0 Å². The molecule has 0 fully saturated rings. The molecule has 0 aliphatic heterocycles. The molecule has 0 atom stereocenters. The van der Waals surface area contributed by atoms with Crippen molar-refractivity contribution in [1.82, 2.24) is 15.2 Å². The van der Waals surface area contributed by atoms with Gasteiger partial charge in [0.1, 0.15) is 11.5 Å². The number of hydrogen-bond donors (Lipinski definition) is 1. The zero-order valence-corrected chi connectivity index (χ0v) is 21.0. The SMILES string of the molecule is CN=C(NCCCc1nc2ccccc2s1)N(C)Cc1ccc(OC)cc1OC.I. The van der Waals surface area contributed by atoms with E-state index in [2.05, 4.69) is 33.4 Å². The van der Waals surface area contributed by atoms with Gasteiger partial charge >= 0.3 is 0 Å². The molecule has 162 valence electrons. The zero-order valence-electron chi connectivity index (χ0n) is 17.8. The number of methoxy groups -OCH3 is 2. The molecule has 1 aromatic heterocycles. The average molecular weight is 540 g/mol. The fourth-order valence-electron chi connectivity index (χ4n) is 3.16. The Bertz CT molecular complexity index is 944. The lowest BCUT2D eigenvalue weighted by Gasteiger charge is -2.23. The Morgan fingerprint density at radius 2 is 1.97 bits per heavy atom. The number of ether oxygens (including phenoxy) is 2. The Morgan fingerprint density at radius 3 is 2.67 bits per heavy atom. The fourth-order valence-corrected chi connectivity index (χ4v) is 4.17. The summed E-state index contributed by atoms with van der Waals surface area (Å²) in [6, 6.07) is 14.1. The van der Waals surface area contributed by atoms with Gasteiger partial charge in [-0.3, -0.25) is 4.99 Å². The average Bonchev–Trinajstić information content (AvgIpc) is 3.16. The van der Waals surface area contributed by atoms with Crippen molar-refractivity contribution in [3.8, 4) is 11.5 Å². The normalized spacial score (nSPS) is 11.1. The molecule has 3 aromatic rings. The lowest BCUT2D eigenvalue weighted by molar-refractivity contribution is 0.382. The molecule has 0 aliphatic carbocycles. The number of para-hydroxylation sites is 1. The summed E-state index contributed by atoms with van der Waals surface area (Å²) in [5.74, 6) is 2.44. The molecule has 1 N–H and O–H groups in total. The van der Waals surface area contributed by atoms with Crippen LogP contribution in [0.3, 0.4) is 0 Å². The van der Waals surface area contributed by atoms with Gasteiger partial charge in [-0.15, -0.1) is 35.3 Å². The summed E-state index contributed by atoms with van der Waals surface area (Å²) in [6.07, 6.45) is 1.96. The van der Waals surface area contributed by atoms with Gasteiger partial charge < -0.3 is 19.7 Å². The smallest absolute Gasteiger partial charge is 0.193 e. The van der Waals surface area contributed by atoms with Crippen molar-refractivity contribution in [2.24, 2.45) is 4.99 Å². The molecular formula is C22H29IN4O2S. The van der Waals surface area contributed by atoms with E-state index in [4.69, 9.17) is 14.5 Å². The van der Waals surface area contributed by atoms with Crippen molar-refractivity contribution in [2.45, 2.75) is 19.4 Å². The van der Waals surface area contributed by atoms with Crippen molar-refractivity contribution >= 4 is 51.5 Å². The maximum Gasteiger partial charge on any atom is 0.193 e. The highest BCUT2D eigenvalue weighted by molar-refractivity contribution is 14.0. The number of benzene rings is 2. The highest BCUT2D eigenvalue weighted by atomic mass is 127. The van der Waals surface area contributed by atoms with Gasteiger partial charge in [0.15, 0.2) is 5.96 Å². The Kier molecular flexibility index (Phi) is 9.64. The van der Waals surface area contributed by atoms with Crippen molar-refractivity contribution in [1.29, 1.82) is 0 Å². The summed E-state index contributed by atoms with van der Waals surface area (Å²) in [5, 5.41) is 4.62. The molecule has 0 amide bonds. The number of hydrogen-bond acceptors (Lipinski definition) is 5. The van der Waals surface area contributed by atoms with Crippen LogP contribution in [0.2, 0.25) is 0 Å². The molecule has 1 heterocycles. The van der Waals surface area contributed by atoms with Crippen LogP contribution in [-0.4, -0.2) is 50.7 Å². The number of aliphatic imine (C=N–C) groups is 1. The lowest BCUT2D eigenvalue weighted by atomic mass is 10.2. The van der Waals surface area contributed by atoms with Crippen LogP contribution < -0.4 is 14.8 Å². The molecule has 0 aliphatic rings. The van der Waals surface area contributed by atoms with Crippen LogP contribution in [0.15, 0.2) is 47.5 Å². The quantitative estimate of drug-likeness (QED) is 0.196. The molecule has 0 saturated heterocycles. The summed E-state index contributed by atoms with van der Waals surface area (Å²) in [7, 11) is 7.15. The molecule has 0 bridgehead atoms. The third kappa shape index (κ3) is 6.21. The van der Waals surface area contributed by atoms with E-state index in [1.165, 1.54) is 9.71 Å². The second-order valence-electron chi connectivity index (χ2n) is 6.69. The molecule has 0 radical (unpaired) electrons. The first kappa shape index (κ1) is 24.2. The van der Waals surface area contributed by atoms with Crippen molar-refractivity contribution < 1.29 is 9.47 Å². The second kappa shape index (κ2) is 11.9. The van der Waals surface area contributed by atoms with Gasteiger partial charge in [0, 0.05) is 45.2 Å². The van der Waals surface area contributed by atoms with E-state index in [9.17, 15) is 0 Å². The number of fused-ring (bicyclic) bond motifs is 1. The van der Waals surface area contributed by atoms with Gasteiger partial charge in [-0.25, -0.2) is 4.98 Å². The maximum absolute atomic E-state index is 5.50. The largest absolute Gasteiger partial charge is 0.497 e. The Balaban J connectivity index is 0.00000320. The van der Waals surface area contributed by atoms with E-state index in [1.807, 2.05) is 31.3 Å². The summed E-state index contributed by atoms with van der Waals surface area (Å²) < 4.78 is 12.0. The maximum atomic E-state index is 5.50. The minimum absolute atomic E-state index is 0. The van der Waals surface area contributed by atoms with Crippen LogP contribution in [0, 0.1) is 0 Å². The van der Waals surface area contributed by atoms with Crippen molar-refractivity contribution in [3.05, 3.63) is 53.0 Å². The minimum atomic E-state index is 0. The highest BCUT2D eigenvalue weighted by Gasteiger charge is 2.11. The molecule has 8 heteroatoms. The Morgan fingerprint density at radius 1 is 1.17 bits per heavy atom. The van der Waals surface area contributed by atoms with Crippen molar-refractivity contribution in [3.63, 3.8) is 0 Å². The molecule has 30 heavy (non-hydrogen) atoms. The minimum Gasteiger partial charge on any atom is -0.497 e. The van der Waals surface area contributed by atoms with Crippen LogP contribution in [0.4, 0.5) is 0 Å². The molecule has 6 nitrogen and oxygen atoms in total. The number of nitrogens with zero attached hydrogens (tertiary/aromatic N) is 3. The van der Waals surface area contributed by atoms with Crippen molar-refractivity contribution in [2.75, 3.05) is 34.9 Å². The third-order valence-corrected chi connectivity index (χ3v) is 5.76. The number of rotatable bonds is 8. The van der Waals surface area contributed by atoms with Gasteiger partial charge in [0.2, 0.25) is 0 Å². The summed E-state index contributed by atoms with van der Waals surface area (Å²) in [6.45, 7) is 1.53. The van der Waals surface area contributed by atoms with E-state index in [0.717, 1.165) is 47.9 Å². The summed E-state index contributed by atoms with van der Waals surface area (Å²) >= 11 is 1.77. The van der Waals surface area contributed by atoms with Crippen LogP contribution in [0.1, 0.15) is 17.0 Å². The third-order valence-electron chi connectivity index (χ3n) is 4.66. The summed E-state index contributed by atoms with van der Waals surface area (Å²) in [5.41, 5.74) is 2.16. The molecule has 3 rings (SSSR count). The number of guanidine groups is 1. The first-order valence-corrected chi connectivity index (χ1v) is 10.4. The molecule has 2 aromatic carbocycles. The zero-order chi connectivity index (χ0) is 20.6. The predicted molar refractivity (Wildman–Crippen MR) is 136 cm³/mol. The van der Waals surface area contributed by atoms with Gasteiger partial charge in [0.25, 0.3) is 0 Å². The number of aryl methyl sites for hydroxylation is 1. The van der Waals surface area contributed by atoms with E-state index in [1.54, 1.807) is 32.6 Å². The van der Waals surface area contributed by atoms with Gasteiger partial charge in [-0.1, -0.05) is 12.1 Å². The Labute approximate surface area is 199 Å². The van der Waals surface area contributed by atoms with Crippen LogP contribution in [0.25, 0.3) is 10.2 Å². The summed E-state index contributed by atoms with van der Waals surface area (Å²) in [4.78, 5) is 11.2. The van der Waals surface area contributed by atoms with Gasteiger partial charge in [-0.05, 0) is 30.7 Å². The monoisotopic (exact) mass is 540 g/mol.